The quantitative estimate of drug-likeness (QED) is 0.678. The van der Waals surface area contributed by atoms with Crippen molar-refractivity contribution in [2.45, 2.75) is 33.1 Å². The van der Waals surface area contributed by atoms with Gasteiger partial charge in [0.1, 0.15) is 0 Å². The van der Waals surface area contributed by atoms with Crippen molar-refractivity contribution in [1.29, 1.82) is 0 Å². The van der Waals surface area contributed by atoms with E-state index in [1.165, 1.54) is 12.1 Å². The van der Waals surface area contributed by atoms with Crippen molar-refractivity contribution in [3.05, 3.63) is 35.4 Å². The van der Waals surface area contributed by atoms with Crippen LogP contribution in [0.3, 0.4) is 0 Å². The van der Waals surface area contributed by atoms with E-state index in [9.17, 15) is 14.4 Å². The Morgan fingerprint density at radius 1 is 1.17 bits per heavy atom. The molecule has 6 heteroatoms. The molecular formula is C17H24N2O4. The number of nitrogens with one attached hydrogen (secondary N) is 1. The molecule has 0 fully saturated rings. The molecular weight excluding hydrogens is 296 g/mol. The Morgan fingerprint density at radius 3 is 2.48 bits per heavy atom. The van der Waals surface area contributed by atoms with E-state index in [1.807, 2.05) is 13.8 Å². The van der Waals surface area contributed by atoms with E-state index in [4.69, 9.17) is 5.11 Å². The minimum absolute atomic E-state index is 0.0957. The van der Waals surface area contributed by atoms with E-state index in [0.29, 0.717) is 38.0 Å². The van der Waals surface area contributed by atoms with Crippen molar-refractivity contribution >= 4 is 17.8 Å². The van der Waals surface area contributed by atoms with Crippen molar-refractivity contribution in [3.63, 3.8) is 0 Å². The van der Waals surface area contributed by atoms with Gasteiger partial charge in [0, 0.05) is 26.1 Å². The molecule has 2 amide bonds. The van der Waals surface area contributed by atoms with Crippen LogP contribution in [-0.2, 0) is 16.0 Å². The Kier molecular flexibility index (Phi) is 7.80. The molecule has 1 aromatic rings. The van der Waals surface area contributed by atoms with Crippen molar-refractivity contribution in [2.24, 2.45) is 0 Å². The lowest BCUT2D eigenvalue weighted by Gasteiger charge is -2.18. The Morgan fingerprint density at radius 2 is 1.87 bits per heavy atom. The zero-order valence-corrected chi connectivity index (χ0v) is 13.7. The van der Waals surface area contributed by atoms with E-state index in [1.54, 1.807) is 17.0 Å². The molecule has 0 atom stereocenters. The molecule has 6 nitrogen and oxygen atoms in total. The van der Waals surface area contributed by atoms with Gasteiger partial charge in [-0.25, -0.2) is 4.79 Å². The number of amides is 2. The minimum Gasteiger partial charge on any atom is -0.478 e. The van der Waals surface area contributed by atoms with Gasteiger partial charge in [-0.3, -0.25) is 9.59 Å². The molecule has 0 aliphatic rings. The standard InChI is InChI=1S/C17H24N2O4/c1-3-19(4-2)16(21)9-6-10-18-15(20)12-13-7-5-8-14(11-13)17(22)23/h5,7-8,11H,3-4,6,9-10,12H2,1-2H3,(H,18,20)(H,22,23). The molecule has 0 unspecified atom stereocenters. The van der Waals surface area contributed by atoms with Crippen LogP contribution in [-0.4, -0.2) is 47.4 Å². The Balaban J connectivity index is 2.34. The summed E-state index contributed by atoms with van der Waals surface area (Å²) < 4.78 is 0. The first-order valence-corrected chi connectivity index (χ1v) is 7.84. The monoisotopic (exact) mass is 320 g/mol. The number of benzene rings is 1. The molecule has 1 aromatic carbocycles. The molecule has 0 spiro atoms. The number of carboxylic acids is 1. The van der Waals surface area contributed by atoms with E-state index >= 15 is 0 Å². The lowest BCUT2D eigenvalue weighted by Crippen LogP contribution is -2.32. The van der Waals surface area contributed by atoms with Gasteiger partial charge in [0.05, 0.1) is 12.0 Å². The first-order valence-electron chi connectivity index (χ1n) is 7.84. The fourth-order valence-corrected chi connectivity index (χ4v) is 2.26. The molecule has 0 saturated heterocycles. The Hall–Kier alpha value is -2.37. The van der Waals surface area contributed by atoms with Gasteiger partial charge in [-0.05, 0) is 38.0 Å². The average molecular weight is 320 g/mol. The summed E-state index contributed by atoms with van der Waals surface area (Å²) in [5.74, 6) is -1.09. The van der Waals surface area contributed by atoms with Crippen molar-refractivity contribution in [1.82, 2.24) is 10.2 Å². The van der Waals surface area contributed by atoms with Gasteiger partial charge in [0.15, 0.2) is 0 Å². The highest BCUT2D eigenvalue weighted by Gasteiger charge is 2.10. The second kappa shape index (κ2) is 9.61. The smallest absolute Gasteiger partial charge is 0.335 e. The third-order valence-electron chi connectivity index (χ3n) is 3.54. The molecule has 1 rings (SSSR count). The largest absolute Gasteiger partial charge is 0.478 e. The van der Waals surface area contributed by atoms with Gasteiger partial charge in [0.25, 0.3) is 0 Å². The summed E-state index contributed by atoms with van der Waals surface area (Å²) in [7, 11) is 0. The van der Waals surface area contributed by atoms with E-state index < -0.39 is 5.97 Å². The van der Waals surface area contributed by atoms with Gasteiger partial charge in [0.2, 0.25) is 11.8 Å². The van der Waals surface area contributed by atoms with Crippen LogP contribution in [0.4, 0.5) is 0 Å². The van der Waals surface area contributed by atoms with Crippen LogP contribution >= 0.6 is 0 Å². The maximum Gasteiger partial charge on any atom is 0.335 e. The van der Waals surface area contributed by atoms with Crippen molar-refractivity contribution in [3.8, 4) is 0 Å². The highest BCUT2D eigenvalue weighted by atomic mass is 16.4. The topological polar surface area (TPSA) is 86.7 Å². The first kappa shape index (κ1) is 18.7. The molecule has 0 bridgehead atoms. The number of aromatic carboxylic acids is 1. The number of hydrogen-bond acceptors (Lipinski definition) is 3. The summed E-state index contributed by atoms with van der Waals surface area (Å²) in [6.07, 6.45) is 1.14. The summed E-state index contributed by atoms with van der Waals surface area (Å²) in [6.45, 7) is 5.70. The van der Waals surface area contributed by atoms with Crippen LogP contribution in [0.15, 0.2) is 24.3 Å². The normalized spacial score (nSPS) is 10.2. The number of carbonyl (C=O) groups is 3. The lowest BCUT2D eigenvalue weighted by molar-refractivity contribution is -0.131. The van der Waals surface area contributed by atoms with Crippen LogP contribution in [0.5, 0.6) is 0 Å². The number of carbonyl (C=O) groups excluding carboxylic acids is 2. The van der Waals surface area contributed by atoms with Gasteiger partial charge in [-0.2, -0.15) is 0 Å². The van der Waals surface area contributed by atoms with Gasteiger partial charge >= 0.3 is 5.97 Å². The highest BCUT2D eigenvalue weighted by Crippen LogP contribution is 2.06. The van der Waals surface area contributed by atoms with E-state index in [2.05, 4.69) is 5.32 Å². The van der Waals surface area contributed by atoms with Gasteiger partial charge in [-0.1, -0.05) is 12.1 Å². The molecule has 23 heavy (non-hydrogen) atoms. The third-order valence-corrected chi connectivity index (χ3v) is 3.54. The Labute approximate surface area is 136 Å². The summed E-state index contributed by atoms with van der Waals surface area (Å²) in [6, 6.07) is 6.32. The van der Waals surface area contributed by atoms with Gasteiger partial charge < -0.3 is 15.3 Å². The average Bonchev–Trinajstić information content (AvgIpc) is 2.53. The second-order valence-corrected chi connectivity index (χ2v) is 5.20. The van der Waals surface area contributed by atoms with Crippen LogP contribution in [0.1, 0.15) is 42.6 Å². The van der Waals surface area contributed by atoms with E-state index in [-0.39, 0.29) is 23.8 Å². The predicted octanol–water partition coefficient (Wildman–Crippen LogP) is 1.69. The fraction of sp³-hybridized carbons (Fsp3) is 0.471. The fourth-order valence-electron chi connectivity index (χ4n) is 2.26. The summed E-state index contributed by atoms with van der Waals surface area (Å²) in [5, 5.41) is 11.7. The predicted molar refractivity (Wildman–Crippen MR) is 87.3 cm³/mol. The molecule has 0 aromatic heterocycles. The number of carboxylic acid groups (broad SMARTS) is 1. The highest BCUT2D eigenvalue weighted by molar-refractivity contribution is 5.88. The molecule has 126 valence electrons. The number of hydrogen-bond donors (Lipinski definition) is 2. The Bertz CT molecular complexity index is 553. The van der Waals surface area contributed by atoms with Crippen LogP contribution in [0.2, 0.25) is 0 Å². The SMILES string of the molecule is CCN(CC)C(=O)CCCNC(=O)Cc1cccc(C(=O)O)c1. The summed E-state index contributed by atoms with van der Waals surface area (Å²) in [5.41, 5.74) is 0.821. The molecule has 2 N–H and O–H groups in total. The van der Waals surface area contributed by atoms with Gasteiger partial charge in [-0.15, -0.1) is 0 Å². The zero-order valence-electron chi connectivity index (χ0n) is 13.7. The molecule has 0 aliphatic heterocycles. The van der Waals surface area contributed by atoms with Crippen LogP contribution < -0.4 is 5.32 Å². The second-order valence-electron chi connectivity index (χ2n) is 5.20. The number of rotatable bonds is 9. The van der Waals surface area contributed by atoms with Crippen molar-refractivity contribution in [2.75, 3.05) is 19.6 Å². The minimum atomic E-state index is -1.01. The van der Waals surface area contributed by atoms with E-state index in [0.717, 1.165) is 0 Å². The van der Waals surface area contributed by atoms with Crippen molar-refractivity contribution < 1.29 is 19.5 Å². The number of nitrogens with zero attached hydrogens (tertiary/aromatic N) is 1. The third kappa shape index (κ3) is 6.50. The maximum atomic E-state index is 11.8. The first-order chi connectivity index (χ1) is 11.0. The summed E-state index contributed by atoms with van der Waals surface area (Å²) >= 11 is 0. The molecule has 0 aliphatic carbocycles. The zero-order chi connectivity index (χ0) is 17.2. The maximum absolute atomic E-state index is 11.8. The molecule has 0 radical (unpaired) electrons. The van der Waals surface area contributed by atoms with Crippen LogP contribution in [0.25, 0.3) is 0 Å². The lowest BCUT2D eigenvalue weighted by atomic mass is 10.1. The molecule has 0 saturated carbocycles. The summed E-state index contributed by atoms with van der Waals surface area (Å²) in [4.78, 5) is 36.3. The van der Waals surface area contributed by atoms with Crippen LogP contribution in [0, 0.1) is 0 Å². The molecule has 0 heterocycles.